The Morgan fingerprint density at radius 1 is 1.24 bits per heavy atom. The Kier molecular flexibility index (Phi) is 3.39. The highest BCUT2D eigenvalue weighted by atomic mass is 32.2. The van der Waals surface area contributed by atoms with E-state index in [9.17, 15) is 10.1 Å². The molecule has 1 aromatic carbocycles. The topological polar surface area (TPSA) is 60.4 Å². The van der Waals surface area contributed by atoms with Crippen molar-refractivity contribution in [3.05, 3.63) is 58.3 Å². The molecule has 0 aliphatic heterocycles. The molecule has 0 amide bonds. The highest BCUT2D eigenvalue weighted by Crippen LogP contribution is 2.32. The van der Waals surface area contributed by atoms with Gasteiger partial charge in [-0.05, 0) is 36.9 Å². The van der Waals surface area contributed by atoms with E-state index in [2.05, 4.69) is 4.40 Å². The first kappa shape index (κ1) is 13.6. The summed E-state index contributed by atoms with van der Waals surface area (Å²) >= 11 is 1.61. The van der Waals surface area contributed by atoms with E-state index in [1.54, 1.807) is 23.9 Å². The third-order valence-electron chi connectivity index (χ3n) is 3.35. The molecule has 6 heteroatoms. The number of nitro groups is 1. The van der Waals surface area contributed by atoms with Gasteiger partial charge in [0, 0.05) is 23.9 Å². The molecule has 3 aromatic rings. The quantitative estimate of drug-likeness (QED) is 0.417. The van der Waals surface area contributed by atoms with Gasteiger partial charge in [-0.1, -0.05) is 6.07 Å². The second-order valence-corrected chi connectivity index (χ2v) is 5.45. The van der Waals surface area contributed by atoms with E-state index in [0.29, 0.717) is 0 Å². The van der Waals surface area contributed by atoms with E-state index in [1.165, 1.54) is 12.1 Å². The molecule has 0 spiro atoms. The van der Waals surface area contributed by atoms with Crippen LogP contribution in [0.15, 0.2) is 47.6 Å². The Morgan fingerprint density at radius 3 is 2.57 bits per heavy atom. The molecule has 0 N–H and O–H groups in total. The van der Waals surface area contributed by atoms with Crippen molar-refractivity contribution in [3.63, 3.8) is 0 Å². The summed E-state index contributed by atoms with van der Waals surface area (Å²) in [5.41, 5.74) is 3.83. The van der Waals surface area contributed by atoms with Gasteiger partial charge in [0.15, 0.2) is 0 Å². The number of nitrogens with zero attached hydrogens (tertiary/aromatic N) is 3. The standard InChI is InChI=1S/C15H13N3O2S/c1-10-4-3-9-17-14(10)16-13(15(17)21-2)11-5-7-12(8-6-11)18(19)20/h3-9H,1-2H3. The maximum absolute atomic E-state index is 10.7. The van der Waals surface area contributed by atoms with Gasteiger partial charge < -0.3 is 0 Å². The maximum atomic E-state index is 10.7. The molecule has 0 atom stereocenters. The smallest absolute Gasteiger partial charge is 0.269 e. The van der Waals surface area contributed by atoms with Crippen molar-refractivity contribution >= 4 is 23.1 Å². The van der Waals surface area contributed by atoms with E-state index in [-0.39, 0.29) is 5.69 Å². The first-order chi connectivity index (χ1) is 10.1. The van der Waals surface area contributed by atoms with E-state index < -0.39 is 4.92 Å². The van der Waals surface area contributed by atoms with Crippen LogP contribution in [0.4, 0.5) is 5.69 Å². The SMILES string of the molecule is CSc1c(-c2ccc([N+](=O)[O-])cc2)nc2c(C)cccn12. The first-order valence-electron chi connectivity index (χ1n) is 6.38. The van der Waals surface area contributed by atoms with Crippen LogP contribution in [0, 0.1) is 17.0 Å². The van der Waals surface area contributed by atoms with Gasteiger partial charge in [-0.25, -0.2) is 4.98 Å². The molecular weight excluding hydrogens is 286 g/mol. The van der Waals surface area contributed by atoms with E-state index in [4.69, 9.17) is 4.98 Å². The number of hydrogen-bond acceptors (Lipinski definition) is 4. The fraction of sp³-hybridized carbons (Fsp3) is 0.133. The Balaban J connectivity index is 2.19. The van der Waals surface area contributed by atoms with Crippen molar-refractivity contribution in [1.82, 2.24) is 9.38 Å². The van der Waals surface area contributed by atoms with Crippen molar-refractivity contribution in [1.29, 1.82) is 0 Å². The van der Waals surface area contributed by atoms with Crippen LogP contribution in [0.5, 0.6) is 0 Å². The average Bonchev–Trinajstić information content (AvgIpc) is 2.87. The lowest BCUT2D eigenvalue weighted by atomic mass is 10.1. The summed E-state index contributed by atoms with van der Waals surface area (Å²) in [6, 6.07) is 10.5. The van der Waals surface area contributed by atoms with Crippen LogP contribution in [0.1, 0.15) is 5.56 Å². The predicted octanol–water partition coefficient (Wildman–Crippen LogP) is 3.94. The number of aryl methyl sites for hydroxylation is 1. The zero-order chi connectivity index (χ0) is 15.0. The van der Waals surface area contributed by atoms with Gasteiger partial charge >= 0.3 is 0 Å². The summed E-state index contributed by atoms with van der Waals surface area (Å²) in [6.45, 7) is 2.02. The molecule has 2 aromatic heterocycles. The minimum absolute atomic E-state index is 0.0874. The number of rotatable bonds is 3. The summed E-state index contributed by atoms with van der Waals surface area (Å²) in [4.78, 5) is 15.0. The molecule has 0 saturated carbocycles. The molecule has 0 aliphatic rings. The molecule has 21 heavy (non-hydrogen) atoms. The van der Waals surface area contributed by atoms with Crippen LogP contribution in [-0.2, 0) is 0 Å². The van der Waals surface area contributed by atoms with Crippen LogP contribution >= 0.6 is 11.8 Å². The lowest BCUT2D eigenvalue weighted by Gasteiger charge is -2.02. The van der Waals surface area contributed by atoms with Crippen LogP contribution in [0.3, 0.4) is 0 Å². The third-order valence-corrected chi connectivity index (χ3v) is 4.12. The third kappa shape index (κ3) is 2.27. The van der Waals surface area contributed by atoms with Crippen molar-refractivity contribution in [2.45, 2.75) is 11.9 Å². The van der Waals surface area contributed by atoms with Gasteiger partial charge in [-0.15, -0.1) is 11.8 Å². The van der Waals surface area contributed by atoms with Gasteiger partial charge in [-0.2, -0.15) is 0 Å². The molecule has 2 heterocycles. The lowest BCUT2D eigenvalue weighted by Crippen LogP contribution is -1.88. The summed E-state index contributed by atoms with van der Waals surface area (Å²) < 4.78 is 2.05. The molecule has 0 radical (unpaired) electrons. The van der Waals surface area contributed by atoms with Crippen molar-refractivity contribution in [2.24, 2.45) is 0 Å². The number of fused-ring (bicyclic) bond motifs is 1. The first-order valence-corrected chi connectivity index (χ1v) is 7.61. The van der Waals surface area contributed by atoms with Crippen molar-refractivity contribution in [2.75, 3.05) is 6.26 Å². The number of aromatic nitrogens is 2. The lowest BCUT2D eigenvalue weighted by molar-refractivity contribution is -0.384. The number of thioether (sulfide) groups is 1. The van der Waals surface area contributed by atoms with E-state index in [0.717, 1.165) is 27.5 Å². The molecule has 3 rings (SSSR count). The highest BCUT2D eigenvalue weighted by Gasteiger charge is 2.15. The Hall–Kier alpha value is -2.34. The molecule has 0 saturated heterocycles. The molecule has 0 unspecified atom stereocenters. The minimum Gasteiger partial charge on any atom is -0.294 e. The molecule has 0 bridgehead atoms. The van der Waals surface area contributed by atoms with Crippen LogP contribution in [0.25, 0.3) is 16.9 Å². The Morgan fingerprint density at radius 2 is 1.95 bits per heavy atom. The van der Waals surface area contributed by atoms with Crippen molar-refractivity contribution < 1.29 is 4.92 Å². The number of hydrogen-bond donors (Lipinski definition) is 0. The van der Waals surface area contributed by atoms with E-state index in [1.807, 2.05) is 31.5 Å². The fourth-order valence-corrected chi connectivity index (χ4v) is 3.01. The van der Waals surface area contributed by atoms with Gasteiger partial charge in [0.25, 0.3) is 5.69 Å². The second kappa shape index (κ2) is 5.21. The molecule has 5 nitrogen and oxygen atoms in total. The summed E-state index contributed by atoms with van der Waals surface area (Å²) in [5.74, 6) is 0. The van der Waals surface area contributed by atoms with Crippen LogP contribution < -0.4 is 0 Å². The molecular formula is C15H13N3O2S. The normalized spacial score (nSPS) is 11.0. The number of benzene rings is 1. The number of non-ortho nitro benzene ring substituents is 1. The average molecular weight is 299 g/mol. The second-order valence-electron chi connectivity index (χ2n) is 4.66. The van der Waals surface area contributed by atoms with Gasteiger partial charge in [0.1, 0.15) is 16.4 Å². The van der Waals surface area contributed by atoms with Gasteiger partial charge in [0.05, 0.1) is 4.92 Å². The number of pyridine rings is 1. The Labute approximate surface area is 125 Å². The number of nitro benzene ring substituents is 1. The molecule has 106 valence electrons. The summed E-state index contributed by atoms with van der Waals surface area (Å²) in [6.07, 6.45) is 3.98. The predicted molar refractivity (Wildman–Crippen MR) is 83.8 cm³/mol. The molecule has 0 fully saturated rings. The zero-order valence-corrected chi connectivity index (χ0v) is 12.4. The van der Waals surface area contributed by atoms with Crippen LogP contribution in [0.2, 0.25) is 0 Å². The fourth-order valence-electron chi connectivity index (χ4n) is 2.31. The van der Waals surface area contributed by atoms with Gasteiger partial charge in [0.2, 0.25) is 0 Å². The zero-order valence-electron chi connectivity index (χ0n) is 11.6. The van der Waals surface area contributed by atoms with Gasteiger partial charge in [-0.3, -0.25) is 14.5 Å². The minimum atomic E-state index is -0.396. The van der Waals surface area contributed by atoms with E-state index >= 15 is 0 Å². The van der Waals surface area contributed by atoms with Crippen molar-refractivity contribution in [3.8, 4) is 11.3 Å². The largest absolute Gasteiger partial charge is 0.294 e. The Bertz CT molecular complexity index is 825. The maximum Gasteiger partial charge on any atom is 0.269 e. The van der Waals surface area contributed by atoms with Crippen LogP contribution in [-0.4, -0.2) is 20.6 Å². The summed E-state index contributed by atoms with van der Waals surface area (Å²) in [5, 5.41) is 11.8. The molecule has 0 aliphatic carbocycles. The summed E-state index contributed by atoms with van der Waals surface area (Å²) in [7, 11) is 0. The highest BCUT2D eigenvalue weighted by molar-refractivity contribution is 7.98. The monoisotopic (exact) mass is 299 g/mol. The number of imidazole rings is 1.